The van der Waals surface area contributed by atoms with Gasteiger partial charge in [-0.2, -0.15) is 4.31 Å². The molecule has 8 heteroatoms. The molecule has 0 bridgehead atoms. The molecule has 0 spiro atoms. The first-order chi connectivity index (χ1) is 12.8. The van der Waals surface area contributed by atoms with Crippen LogP contribution >= 0.6 is 23.4 Å². The van der Waals surface area contributed by atoms with Crippen LogP contribution < -0.4 is 5.32 Å². The summed E-state index contributed by atoms with van der Waals surface area (Å²) in [5, 5.41) is 3.45. The molecule has 0 radical (unpaired) electrons. The SMILES string of the molecule is CCN(CC)S(=O)(=O)c1ccc(C)c(NC(=O)CSc2ccc(Cl)cc2)c1. The maximum Gasteiger partial charge on any atom is 0.243 e. The van der Waals surface area contributed by atoms with Crippen molar-refractivity contribution in [3.05, 3.63) is 53.1 Å². The molecule has 2 aromatic rings. The van der Waals surface area contributed by atoms with Gasteiger partial charge in [0, 0.05) is 28.7 Å². The number of aryl methyl sites for hydroxylation is 1. The number of anilines is 1. The van der Waals surface area contributed by atoms with Crippen LogP contribution in [0.2, 0.25) is 5.02 Å². The Labute approximate surface area is 170 Å². The molecule has 1 amide bonds. The quantitative estimate of drug-likeness (QED) is 0.635. The summed E-state index contributed by atoms with van der Waals surface area (Å²) in [5.74, 6) is 0.0177. The molecule has 0 saturated heterocycles. The van der Waals surface area contributed by atoms with E-state index in [0.717, 1.165) is 10.5 Å². The molecule has 0 aliphatic carbocycles. The highest BCUT2D eigenvalue weighted by atomic mass is 35.5. The Morgan fingerprint density at radius 1 is 1.11 bits per heavy atom. The molecule has 2 aromatic carbocycles. The van der Waals surface area contributed by atoms with Crippen molar-refractivity contribution >= 4 is 45.0 Å². The van der Waals surface area contributed by atoms with Gasteiger partial charge < -0.3 is 5.32 Å². The van der Waals surface area contributed by atoms with Gasteiger partial charge in [-0.05, 0) is 48.9 Å². The standard InChI is InChI=1S/C19H23ClN2O3S2/c1-4-22(5-2)27(24,25)17-11-6-14(3)18(12-17)21-19(23)13-26-16-9-7-15(20)8-10-16/h6-12H,4-5,13H2,1-3H3,(H,21,23). The molecule has 2 rings (SSSR count). The fourth-order valence-corrected chi connectivity index (χ4v) is 4.78. The van der Waals surface area contributed by atoms with Gasteiger partial charge in [0.25, 0.3) is 0 Å². The Morgan fingerprint density at radius 2 is 1.74 bits per heavy atom. The number of rotatable bonds is 8. The van der Waals surface area contributed by atoms with Crippen molar-refractivity contribution in [2.45, 2.75) is 30.6 Å². The second-order valence-electron chi connectivity index (χ2n) is 5.86. The third-order valence-electron chi connectivity index (χ3n) is 4.01. The summed E-state index contributed by atoms with van der Waals surface area (Å²) in [5.41, 5.74) is 1.31. The van der Waals surface area contributed by atoms with Crippen LogP contribution in [0.4, 0.5) is 5.69 Å². The second kappa shape index (κ2) is 9.59. The zero-order chi connectivity index (χ0) is 20.0. The first-order valence-electron chi connectivity index (χ1n) is 8.57. The fraction of sp³-hybridized carbons (Fsp3) is 0.316. The average Bonchev–Trinajstić information content (AvgIpc) is 2.63. The molecular weight excluding hydrogens is 404 g/mol. The third-order valence-corrected chi connectivity index (χ3v) is 7.32. The number of carbonyl (C=O) groups is 1. The van der Waals surface area contributed by atoms with E-state index in [2.05, 4.69) is 5.32 Å². The summed E-state index contributed by atoms with van der Waals surface area (Å²) in [6, 6.07) is 12.0. The van der Waals surface area contributed by atoms with E-state index in [1.54, 1.807) is 38.1 Å². The Bertz CT molecular complexity index is 896. The summed E-state index contributed by atoms with van der Waals surface area (Å²) in [4.78, 5) is 13.4. The lowest BCUT2D eigenvalue weighted by atomic mass is 10.2. The first kappa shape index (κ1) is 21.8. The predicted molar refractivity (Wildman–Crippen MR) is 112 cm³/mol. The highest BCUT2D eigenvalue weighted by Gasteiger charge is 2.22. The average molecular weight is 427 g/mol. The van der Waals surface area contributed by atoms with Crippen molar-refractivity contribution in [1.29, 1.82) is 0 Å². The summed E-state index contributed by atoms with van der Waals surface area (Å²) < 4.78 is 26.7. The topological polar surface area (TPSA) is 66.5 Å². The van der Waals surface area contributed by atoms with Crippen LogP contribution in [0.5, 0.6) is 0 Å². The van der Waals surface area contributed by atoms with Crippen LogP contribution in [0.15, 0.2) is 52.3 Å². The minimum atomic E-state index is -3.57. The molecule has 146 valence electrons. The Kier molecular flexibility index (Phi) is 7.73. The number of benzene rings is 2. The van der Waals surface area contributed by atoms with E-state index in [4.69, 9.17) is 11.6 Å². The largest absolute Gasteiger partial charge is 0.325 e. The van der Waals surface area contributed by atoms with Crippen LogP contribution in [-0.4, -0.2) is 37.5 Å². The number of carbonyl (C=O) groups excluding carboxylic acids is 1. The van der Waals surface area contributed by atoms with Gasteiger partial charge in [0.05, 0.1) is 10.6 Å². The fourth-order valence-electron chi connectivity index (χ4n) is 2.47. The molecule has 27 heavy (non-hydrogen) atoms. The number of thioether (sulfide) groups is 1. The molecular formula is C19H23ClN2O3S2. The van der Waals surface area contributed by atoms with Crippen LogP contribution in [0.25, 0.3) is 0 Å². The Hall–Kier alpha value is -1.54. The highest BCUT2D eigenvalue weighted by Crippen LogP contribution is 2.24. The third kappa shape index (κ3) is 5.72. The van der Waals surface area contributed by atoms with E-state index in [1.807, 2.05) is 19.1 Å². The smallest absolute Gasteiger partial charge is 0.243 e. The van der Waals surface area contributed by atoms with Gasteiger partial charge in [0.1, 0.15) is 0 Å². The van der Waals surface area contributed by atoms with Crippen molar-refractivity contribution in [3.8, 4) is 0 Å². The molecule has 0 saturated carbocycles. The van der Waals surface area contributed by atoms with E-state index < -0.39 is 10.0 Å². The number of sulfonamides is 1. The van der Waals surface area contributed by atoms with Gasteiger partial charge >= 0.3 is 0 Å². The normalized spacial score (nSPS) is 11.6. The predicted octanol–water partition coefficient (Wildman–Crippen LogP) is 4.41. The maximum absolute atomic E-state index is 12.7. The van der Waals surface area contributed by atoms with Crippen molar-refractivity contribution in [1.82, 2.24) is 4.31 Å². The molecule has 0 aromatic heterocycles. The van der Waals surface area contributed by atoms with Crippen LogP contribution in [0.3, 0.4) is 0 Å². The summed E-state index contributed by atoms with van der Waals surface area (Å²) >= 11 is 7.24. The monoisotopic (exact) mass is 426 g/mol. The summed E-state index contributed by atoms with van der Waals surface area (Å²) in [6.45, 7) is 6.21. The zero-order valence-electron chi connectivity index (χ0n) is 15.5. The lowest BCUT2D eigenvalue weighted by molar-refractivity contribution is -0.113. The molecule has 0 aliphatic heterocycles. The van der Waals surface area contributed by atoms with Crippen molar-refractivity contribution in [2.24, 2.45) is 0 Å². The minimum absolute atomic E-state index is 0.178. The van der Waals surface area contributed by atoms with Crippen molar-refractivity contribution in [2.75, 3.05) is 24.2 Å². The van der Waals surface area contributed by atoms with Crippen LogP contribution in [-0.2, 0) is 14.8 Å². The number of halogens is 1. The zero-order valence-corrected chi connectivity index (χ0v) is 17.9. The van der Waals surface area contributed by atoms with Gasteiger partial charge in [0.2, 0.25) is 15.9 Å². The molecule has 0 atom stereocenters. The van der Waals surface area contributed by atoms with Gasteiger partial charge in [-0.1, -0.05) is 31.5 Å². The number of hydrogen-bond donors (Lipinski definition) is 1. The van der Waals surface area contributed by atoms with E-state index in [-0.39, 0.29) is 16.6 Å². The lowest BCUT2D eigenvalue weighted by Crippen LogP contribution is -2.30. The Balaban J connectivity index is 2.11. The number of nitrogens with one attached hydrogen (secondary N) is 1. The van der Waals surface area contributed by atoms with E-state index in [9.17, 15) is 13.2 Å². The van der Waals surface area contributed by atoms with E-state index in [0.29, 0.717) is 23.8 Å². The summed E-state index contributed by atoms with van der Waals surface area (Å²) in [7, 11) is -3.57. The van der Waals surface area contributed by atoms with Gasteiger partial charge in [0.15, 0.2) is 0 Å². The van der Waals surface area contributed by atoms with Gasteiger partial charge in [-0.3, -0.25) is 4.79 Å². The lowest BCUT2D eigenvalue weighted by Gasteiger charge is -2.19. The van der Waals surface area contributed by atoms with Crippen molar-refractivity contribution in [3.63, 3.8) is 0 Å². The molecule has 1 N–H and O–H groups in total. The van der Waals surface area contributed by atoms with Crippen LogP contribution in [0.1, 0.15) is 19.4 Å². The molecule has 0 aliphatic rings. The number of nitrogens with zero attached hydrogens (tertiary/aromatic N) is 1. The number of amides is 1. The highest BCUT2D eigenvalue weighted by molar-refractivity contribution is 8.00. The van der Waals surface area contributed by atoms with Crippen LogP contribution in [0, 0.1) is 6.92 Å². The molecule has 0 heterocycles. The molecule has 0 fully saturated rings. The minimum Gasteiger partial charge on any atom is -0.325 e. The summed E-state index contributed by atoms with van der Waals surface area (Å²) in [6.07, 6.45) is 0. The van der Waals surface area contributed by atoms with Gasteiger partial charge in [-0.25, -0.2) is 8.42 Å². The number of hydrogen-bond acceptors (Lipinski definition) is 4. The van der Waals surface area contributed by atoms with Gasteiger partial charge in [-0.15, -0.1) is 11.8 Å². The Morgan fingerprint density at radius 3 is 2.33 bits per heavy atom. The second-order valence-corrected chi connectivity index (χ2v) is 9.28. The maximum atomic E-state index is 12.7. The molecule has 0 unspecified atom stereocenters. The van der Waals surface area contributed by atoms with E-state index in [1.165, 1.54) is 22.1 Å². The van der Waals surface area contributed by atoms with Crippen molar-refractivity contribution < 1.29 is 13.2 Å². The molecule has 5 nitrogen and oxygen atoms in total. The van der Waals surface area contributed by atoms with E-state index >= 15 is 0 Å². The first-order valence-corrected chi connectivity index (χ1v) is 11.4.